The van der Waals surface area contributed by atoms with Crippen LogP contribution in [0.1, 0.15) is 10.5 Å². The lowest BCUT2D eigenvalue weighted by Crippen LogP contribution is -2.36. The summed E-state index contributed by atoms with van der Waals surface area (Å²) >= 11 is 5.42. The van der Waals surface area contributed by atoms with Gasteiger partial charge >= 0.3 is 6.18 Å². The third-order valence-corrected chi connectivity index (χ3v) is 1.80. The highest BCUT2D eigenvalue weighted by Gasteiger charge is 2.31. The fourth-order valence-electron chi connectivity index (χ4n) is 0.959. The van der Waals surface area contributed by atoms with Crippen LogP contribution in [-0.2, 0) is 0 Å². The minimum absolute atomic E-state index is 0.0648. The molecule has 0 N–H and O–H groups in total. The third kappa shape index (κ3) is 3.65. The average molecular weight is 254 g/mol. The van der Waals surface area contributed by atoms with Crippen molar-refractivity contribution in [2.45, 2.75) is 6.18 Å². The second kappa shape index (κ2) is 4.65. The van der Waals surface area contributed by atoms with E-state index in [1.807, 2.05) is 0 Å². The zero-order valence-corrected chi connectivity index (χ0v) is 8.88. The lowest BCUT2D eigenvalue weighted by atomic mass is 10.4. The van der Waals surface area contributed by atoms with Gasteiger partial charge in [-0.1, -0.05) is 11.6 Å². The van der Waals surface area contributed by atoms with E-state index in [-0.39, 0.29) is 10.8 Å². The van der Waals surface area contributed by atoms with Crippen molar-refractivity contribution in [1.29, 1.82) is 0 Å². The van der Waals surface area contributed by atoms with Gasteiger partial charge in [0.25, 0.3) is 5.91 Å². The van der Waals surface area contributed by atoms with E-state index < -0.39 is 18.6 Å². The number of carbonyl (C=O) groups is 1. The fourth-order valence-corrected chi connectivity index (χ4v) is 1.06. The Morgan fingerprint density at radius 1 is 1.44 bits per heavy atom. The predicted molar refractivity (Wildman–Crippen MR) is 50.1 cm³/mol. The average Bonchev–Trinajstić information content (AvgIpc) is 2.15. The minimum atomic E-state index is -4.44. The van der Waals surface area contributed by atoms with E-state index in [4.69, 9.17) is 11.6 Å². The first-order valence-corrected chi connectivity index (χ1v) is 4.47. The van der Waals surface area contributed by atoms with Gasteiger partial charge in [0.15, 0.2) is 0 Å². The lowest BCUT2D eigenvalue weighted by Gasteiger charge is -2.18. The Morgan fingerprint density at radius 2 is 2.06 bits per heavy atom. The van der Waals surface area contributed by atoms with Crippen molar-refractivity contribution in [2.75, 3.05) is 13.6 Å². The van der Waals surface area contributed by atoms with Crippen molar-refractivity contribution in [3.8, 4) is 0 Å². The number of rotatable bonds is 2. The zero-order valence-electron chi connectivity index (χ0n) is 8.12. The molecule has 1 heterocycles. The van der Waals surface area contributed by atoms with Crippen molar-refractivity contribution in [3.63, 3.8) is 0 Å². The fraction of sp³-hybridized carbons (Fsp3) is 0.375. The van der Waals surface area contributed by atoms with Crippen LogP contribution in [0.2, 0.25) is 5.15 Å². The molecule has 1 rings (SSSR count). The number of hydrogen-bond donors (Lipinski definition) is 0. The third-order valence-electron chi connectivity index (χ3n) is 1.60. The van der Waals surface area contributed by atoms with Gasteiger partial charge in [-0.3, -0.25) is 4.79 Å². The van der Waals surface area contributed by atoms with Crippen LogP contribution in [0.25, 0.3) is 0 Å². The molecule has 8 heteroatoms. The van der Waals surface area contributed by atoms with Crippen LogP contribution in [-0.4, -0.2) is 40.5 Å². The normalized spacial score (nSPS) is 11.3. The maximum atomic E-state index is 12.0. The largest absolute Gasteiger partial charge is 0.406 e. The van der Waals surface area contributed by atoms with E-state index in [1.54, 1.807) is 0 Å². The SMILES string of the molecule is CN(CC(F)(F)F)C(=O)c1cnc(Cl)cn1. The van der Waals surface area contributed by atoms with Crippen LogP contribution < -0.4 is 0 Å². The lowest BCUT2D eigenvalue weighted by molar-refractivity contribution is -0.138. The van der Waals surface area contributed by atoms with E-state index in [1.165, 1.54) is 0 Å². The highest BCUT2D eigenvalue weighted by atomic mass is 35.5. The van der Waals surface area contributed by atoms with Crippen LogP contribution in [0, 0.1) is 0 Å². The molecular formula is C8H7ClF3N3O. The topological polar surface area (TPSA) is 46.1 Å². The Bertz CT molecular complexity index is 379. The molecule has 0 bridgehead atoms. The zero-order chi connectivity index (χ0) is 12.3. The number of nitrogens with zero attached hydrogens (tertiary/aromatic N) is 3. The summed E-state index contributed by atoms with van der Waals surface area (Å²) in [6, 6.07) is 0. The molecular weight excluding hydrogens is 247 g/mol. The summed E-state index contributed by atoms with van der Waals surface area (Å²) in [5.74, 6) is -0.860. The summed E-state index contributed by atoms with van der Waals surface area (Å²) in [6.45, 7) is -1.34. The smallest absolute Gasteiger partial charge is 0.331 e. The summed E-state index contributed by atoms with van der Waals surface area (Å²) in [7, 11) is 1.03. The molecule has 0 saturated heterocycles. The molecule has 0 aliphatic heterocycles. The Balaban J connectivity index is 2.74. The Kier molecular flexibility index (Phi) is 3.69. The van der Waals surface area contributed by atoms with E-state index in [0.717, 1.165) is 19.4 Å². The molecule has 1 aromatic rings. The van der Waals surface area contributed by atoms with Crippen LogP contribution in [0.15, 0.2) is 12.4 Å². The van der Waals surface area contributed by atoms with Gasteiger partial charge in [0, 0.05) is 7.05 Å². The minimum Gasteiger partial charge on any atom is -0.331 e. The number of alkyl halides is 3. The van der Waals surface area contributed by atoms with E-state index in [0.29, 0.717) is 4.90 Å². The Morgan fingerprint density at radius 3 is 2.50 bits per heavy atom. The number of carbonyl (C=O) groups excluding carboxylic acids is 1. The van der Waals surface area contributed by atoms with Crippen LogP contribution >= 0.6 is 11.6 Å². The van der Waals surface area contributed by atoms with Crippen molar-refractivity contribution >= 4 is 17.5 Å². The van der Waals surface area contributed by atoms with Crippen molar-refractivity contribution in [3.05, 3.63) is 23.2 Å². The summed E-state index contributed by atoms with van der Waals surface area (Å²) < 4.78 is 36.0. The Labute approximate surface area is 94.1 Å². The monoisotopic (exact) mass is 253 g/mol. The first kappa shape index (κ1) is 12.7. The maximum absolute atomic E-state index is 12.0. The molecule has 88 valence electrons. The standard InChI is InChI=1S/C8H7ClF3N3O/c1-15(4-8(10,11)12)7(16)5-2-14-6(9)3-13-5/h2-3H,4H2,1H3. The van der Waals surface area contributed by atoms with Gasteiger partial charge in [0.2, 0.25) is 0 Å². The summed E-state index contributed by atoms with van der Waals surface area (Å²) in [5, 5.41) is 0.0648. The molecule has 0 fully saturated rings. The first-order chi connectivity index (χ1) is 7.29. The van der Waals surface area contributed by atoms with Gasteiger partial charge in [-0.05, 0) is 0 Å². The molecule has 16 heavy (non-hydrogen) atoms. The predicted octanol–water partition coefficient (Wildman–Crippen LogP) is 1.76. The van der Waals surface area contributed by atoms with Gasteiger partial charge < -0.3 is 4.90 Å². The van der Waals surface area contributed by atoms with Gasteiger partial charge in [-0.2, -0.15) is 13.2 Å². The summed E-state index contributed by atoms with van der Waals surface area (Å²) in [4.78, 5) is 19.1. The molecule has 0 spiro atoms. The molecule has 1 amide bonds. The molecule has 0 atom stereocenters. The van der Waals surface area contributed by atoms with Crippen LogP contribution in [0.4, 0.5) is 13.2 Å². The molecule has 0 aromatic carbocycles. The quantitative estimate of drug-likeness (QED) is 0.807. The van der Waals surface area contributed by atoms with Crippen molar-refractivity contribution in [1.82, 2.24) is 14.9 Å². The maximum Gasteiger partial charge on any atom is 0.406 e. The second-order valence-corrected chi connectivity index (χ2v) is 3.39. The molecule has 0 aliphatic carbocycles. The number of hydrogen-bond acceptors (Lipinski definition) is 3. The second-order valence-electron chi connectivity index (χ2n) is 3.00. The number of aromatic nitrogens is 2. The molecule has 0 aliphatic rings. The van der Waals surface area contributed by atoms with Crippen molar-refractivity contribution in [2.24, 2.45) is 0 Å². The van der Waals surface area contributed by atoms with Crippen LogP contribution in [0.3, 0.4) is 0 Å². The molecule has 0 radical (unpaired) electrons. The Hall–Kier alpha value is -1.37. The number of halogens is 4. The highest BCUT2D eigenvalue weighted by Crippen LogP contribution is 2.16. The summed E-state index contributed by atoms with van der Waals surface area (Å²) in [6.07, 6.45) is -2.32. The molecule has 4 nitrogen and oxygen atoms in total. The van der Waals surface area contributed by atoms with E-state index in [2.05, 4.69) is 9.97 Å². The summed E-state index contributed by atoms with van der Waals surface area (Å²) in [5.41, 5.74) is -0.184. The molecule has 1 aromatic heterocycles. The van der Waals surface area contributed by atoms with Gasteiger partial charge in [0.1, 0.15) is 17.4 Å². The van der Waals surface area contributed by atoms with E-state index >= 15 is 0 Å². The van der Waals surface area contributed by atoms with Crippen molar-refractivity contribution < 1.29 is 18.0 Å². The molecule has 0 unspecified atom stereocenters. The highest BCUT2D eigenvalue weighted by molar-refractivity contribution is 6.29. The van der Waals surface area contributed by atoms with Gasteiger partial charge in [-0.25, -0.2) is 9.97 Å². The number of amides is 1. The van der Waals surface area contributed by atoms with Gasteiger partial charge in [-0.15, -0.1) is 0 Å². The van der Waals surface area contributed by atoms with Gasteiger partial charge in [0.05, 0.1) is 12.4 Å². The van der Waals surface area contributed by atoms with E-state index in [9.17, 15) is 18.0 Å². The van der Waals surface area contributed by atoms with Crippen LogP contribution in [0.5, 0.6) is 0 Å². The molecule has 0 saturated carbocycles. The first-order valence-electron chi connectivity index (χ1n) is 4.09.